The number of ether oxygens (including phenoxy) is 1. The summed E-state index contributed by atoms with van der Waals surface area (Å²) in [5.41, 5.74) is 0. The van der Waals surface area contributed by atoms with Crippen LogP contribution in [0.3, 0.4) is 0 Å². The largest absolute Gasteiger partial charge is 0.388 e. The maximum atomic E-state index is 4.25. The highest BCUT2D eigenvalue weighted by molar-refractivity contribution is 7.97. The van der Waals surface area contributed by atoms with E-state index in [0.717, 1.165) is 0 Å². The van der Waals surface area contributed by atoms with Gasteiger partial charge >= 0.3 is 0 Å². The van der Waals surface area contributed by atoms with Gasteiger partial charge in [0.25, 0.3) is 0 Å². The Morgan fingerprint density at radius 1 is 0.867 bits per heavy atom. The Labute approximate surface area is 104 Å². The molecular weight excluding hydrogens is 222 g/mol. The molecule has 4 heteroatoms. The number of hydrogen-bond acceptors (Lipinski definition) is 3. The zero-order valence-corrected chi connectivity index (χ0v) is 14.6. The molecule has 15 heavy (non-hydrogen) atoms. The fourth-order valence-corrected chi connectivity index (χ4v) is 0. The highest BCUT2D eigenvalue weighted by atomic mass is 32.2. The average molecular weight is 256 g/mol. The predicted octanol–water partition coefficient (Wildman–Crippen LogP) is 3.37. The second-order valence-electron chi connectivity index (χ2n) is 5.16. The normalized spacial score (nSPS) is 8.80. The van der Waals surface area contributed by atoms with Crippen molar-refractivity contribution < 1.29 is 4.74 Å². The summed E-state index contributed by atoms with van der Waals surface area (Å²) in [6, 6.07) is 0. The molecule has 0 aliphatic rings. The Morgan fingerprint density at radius 3 is 0.867 bits per heavy atom. The average Bonchev–Trinajstić information content (AvgIpc) is 1.82. The van der Waals surface area contributed by atoms with Gasteiger partial charge in [-0.2, -0.15) is 11.8 Å². The van der Waals surface area contributed by atoms with Gasteiger partial charge < -0.3 is 9.64 Å². The summed E-state index contributed by atoms with van der Waals surface area (Å²) in [7, 11) is 8.64. The first-order valence-corrected chi connectivity index (χ1v) is 10.6. The van der Waals surface area contributed by atoms with Crippen LogP contribution in [0.5, 0.6) is 0 Å². The third-order valence-electron chi connectivity index (χ3n) is 0. The molecule has 0 aromatic carbocycles. The molecule has 0 aromatic heterocycles. The van der Waals surface area contributed by atoms with Gasteiger partial charge in [-0.3, -0.25) is 0 Å². The van der Waals surface area contributed by atoms with E-state index in [4.69, 9.17) is 0 Å². The molecule has 0 fully saturated rings. The van der Waals surface area contributed by atoms with Crippen LogP contribution >= 0.6 is 11.8 Å². The topological polar surface area (TPSA) is 12.5 Å². The van der Waals surface area contributed by atoms with Crippen molar-refractivity contribution in [1.82, 2.24) is 4.90 Å². The molecule has 0 aliphatic heterocycles. The fourth-order valence-electron chi connectivity index (χ4n) is 0. The second-order valence-corrected chi connectivity index (χ2v) is 12.0. The molecule has 0 atom stereocenters. The van der Waals surface area contributed by atoms with Crippen molar-refractivity contribution in [3.05, 3.63) is 0 Å². The van der Waals surface area contributed by atoms with Crippen LogP contribution in [0.25, 0.3) is 0 Å². The first kappa shape index (κ1) is 24.6. The van der Waals surface area contributed by atoms with E-state index in [2.05, 4.69) is 30.9 Å². The Balaban J connectivity index is -0.0000000553. The monoisotopic (exact) mass is 255 g/mol. The molecule has 0 spiro atoms. The van der Waals surface area contributed by atoms with Gasteiger partial charge in [-0.15, -0.1) is 0 Å². The highest BCUT2D eigenvalue weighted by Gasteiger charge is 1.99. The minimum Gasteiger partial charge on any atom is -0.388 e. The molecule has 2 nitrogen and oxygen atoms in total. The molecule has 0 saturated carbocycles. The van der Waals surface area contributed by atoms with E-state index >= 15 is 0 Å². The highest BCUT2D eigenvalue weighted by Crippen LogP contribution is 1.94. The molecule has 0 bridgehead atoms. The molecule has 0 unspecified atom stereocenters. The van der Waals surface area contributed by atoms with Crippen molar-refractivity contribution in [2.45, 2.75) is 26.2 Å². The van der Waals surface area contributed by atoms with Gasteiger partial charge in [0.05, 0.1) is 0 Å². The number of thioether (sulfide) groups is 1. The number of nitrogens with zero attached hydrogens (tertiary/aromatic N) is 1. The Bertz CT molecular complexity index is 74.4. The van der Waals surface area contributed by atoms with Gasteiger partial charge in [0.15, 0.2) is 0 Å². The lowest BCUT2D eigenvalue weighted by atomic mass is 11.0. The van der Waals surface area contributed by atoms with E-state index in [9.17, 15) is 0 Å². The summed E-state index contributed by atoms with van der Waals surface area (Å²) in [6.45, 7) is 9.31. The Kier molecular flexibility index (Phi) is 32.8. The molecule has 0 aliphatic carbocycles. The van der Waals surface area contributed by atoms with Gasteiger partial charge in [0.1, 0.15) is 0 Å². The summed E-state index contributed by atoms with van der Waals surface area (Å²) >= 11 is 1.75. The SMILES string of the molecule is CN(C)C.COC.CSC.C[Si](C)(C)C. The molecule has 0 aromatic rings. The van der Waals surface area contributed by atoms with E-state index in [1.54, 1.807) is 26.0 Å². The smallest absolute Gasteiger partial charge is 0.0411 e. The van der Waals surface area contributed by atoms with E-state index < -0.39 is 8.07 Å². The van der Waals surface area contributed by atoms with E-state index in [-0.39, 0.29) is 0 Å². The van der Waals surface area contributed by atoms with Crippen LogP contribution < -0.4 is 0 Å². The van der Waals surface area contributed by atoms with Crippen molar-refractivity contribution in [3.63, 3.8) is 0 Å². The maximum absolute atomic E-state index is 4.25. The van der Waals surface area contributed by atoms with Gasteiger partial charge in [0.2, 0.25) is 0 Å². The van der Waals surface area contributed by atoms with E-state index in [1.807, 2.05) is 38.6 Å². The second kappa shape index (κ2) is 20.0. The molecule has 0 N–H and O–H groups in total. The molecule has 0 heterocycles. The predicted molar refractivity (Wildman–Crippen MR) is 81.2 cm³/mol. The number of rotatable bonds is 0. The Morgan fingerprint density at radius 2 is 0.867 bits per heavy atom. The van der Waals surface area contributed by atoms with Crippen molar-refractivity contribution in [2.75, 3.05) is 47.9 Å². The van der Waals surface area contributed by atoms with Gasteiger partial charge in [0, 0.05) is 22.3 Å². The third kappa shape index (κ3) is 9530. The van der Waals surface area contributed by atoms with Crippen LogP contribution in [0, 0.1) is 0 Å². The van der Waals surface area contributed by atoms with Gasteiger partial charge in [-0.25, -0.2) is 0 Å². The third-order valence-corrected chi connectivity index (χ3v) is 0. The molecule has 0 saturated heterocycles. The fraction of sp³-hybridized carbons (Fsp3) is 1.00. The zero-order chi connectivity index (χ0) is 13.5. The molecule has 98 valence electrons. The summed E-state index contributed by atoms with van der Waals surface area (Å²) in [6.07, 6.45) is 4.08. The van der Waals surface area contributed by atoms with Crippen LogP contribution in [0.1, 0.15) is 0 Å². The first-order chi connectivity index (χ1) is 6.56. The lowest BCUT2D eigenvalue weighted by molar-refractivity contribution is 0.277. The first-order valence-electron chi connectivity index (χ1n) is 4.97. The lowest BCUT2D eigenvalue weighted by Gasteiger charge is -2.01. The Hall–Kier alpha value is 0.487. The van der Waals surface area contributed by atoms with Crippen molar-refractivity contribution in [2.24, 2.45) is 0 Å². The minimum atomic E-state index is -0.611. The maximum Gasteiger partial charge on any atom is 0.0411 e. The van der Waals surface area contributed by atoms with Crippen LogP contribution in [-0.2, 0) is 4.74 Å². The van der Waals surface area contributed by atoms with Crippen LogP contribution in [0.2, 0.25) is 26.2 Å². The summed E-state index contributed by atoms with van der Waals surface area (Å²) in [5, 5.41) is 0. The van der Waals surface area contributed by atoms with Crippen LogP contribution in [0.15, 0.2) is 0 Å². The van der Waals surface area contributed by atoms with Crippen LogP contribution in [-0.4, -0.2) is 60.8 Å². The van der Waals surface area contributed by atoms with Crippen molar-refractivity contribution in [3.8, 4) is 0 Å². The van der Waals surface area contributed by atoms with E-state index in [0.29, 0.717) is 0 Å². The van der Waals surface area contributed by atoms with Gasteiger partial charge in [-0.1, -0.05) is 26.2 Å². The lowest BCUT2D eigenvalue weighted by Crippen LogP contribution is -2.10. The quantitative estimate of drug-likeness (QED) is 0.616. The molecule has 0 radical (unpaired) electrons. The standard InChI is InChI=1S/C4H12Si.C3H9N.C2H6O.C2H6S/c1-5(2,3)4;1-4(2)3;2*1-3-2/h1-4H3;1-3H3;2*1-2H3. The zero-order valence-electron chi connectivity index (χ0n) is 12.8. The molecule has 0 amide bonds. The van der Waals surface area contributed by atoms with Crippen molar-refractivity contribution >= 4 is 19.8 Å². The summed E-state index contributed by atoms with van der Waals surface area (Å²) in [4.78, 5) is 2.00. The number of methoxy groups -OCH3 is 1. The van der Waals surface area contributed by atoms with Crippen LogP contribution in [0.4, 0.5) is 0 Å². The summed E-state index contributed by atoms with van der Waals surface area (Å²) in [5.74, 6) is 0. The minimum absolute atomic E-state index is 0.611. The van der Waals surface area contributed by atoms with Crippen molar-refractivity contribution in [1.29, 1.82) is 0 Å². The van der Waals surface area contributed by atoms with E-state index in [1.165, 1.54) is 0 Å². The number of hydrogen-bond donors (Lipinski definition) is 0. The molecule has 0 rings (SSSR count). The summed E-state index contributed by atoms with van der Waals surface area (Å²) < 4.78 is 4.25. The van der Waals surface area contributed by atoms with Gasteiger partial charge in [-0.05, 0) is 33.7 Å². The molecular formula is C11H33NOSSi.